The van der Waals surface area contributed by atoms with Crippen LogP contribution < -0.4 is 16.0 Å². The molecule has 2 aliphatic rings. The van der Waals surface area contributed by atoms with E-state index in [1.54, 1.807) is 24.6 Å². The van der Waals surface area contributed by atoms with E-state index in [0.29, 0.717) is 29.1 Å². The maximum Gasteiger partial charge on any atom is 0.183 e. The van der Waals surface area contributed by atoms with Crippen molar-refractivity contribution in [3.63, 3.8) is 0 Å². The minimum Gasteiger partial charge on any atom is -0.383 e. The Bertz CT molecular complexity index is 868. The van der Waals surface area contributed by atoms with Gasteiger partial charge >= 0.3 is 0 Å². The molecule has 0 radical (unpaired) electrons. The summed E-state index contributed by atoms with van der Waals surface area (Å²) >= 11 is 8.12. The molecule has 2 fully saturated rings. The first kappa shape index (κ1) is 24.7. The highest BCUT2D eigenvalue weighted by Gasteiger charge is 2.23. The van der Waals surface area contributed by atoms with E-state index in [1.165, 1.54) is 0 Å². The topological polar surface area (TPSA) is 80.3 Å². The first-order valence-corrected chi connectivity index (χ1v) is 13.3. The molecule has 2 aromatic rings. The van der Waals surface area contributed by atoms with Crippen LogP contribution in [0.1, 0.15) is 45.4 Å². The molecular formula is C24H36ClN5O2S. The standard InChI is InChI=1S/C24H36ClN5O2S/c1-16(14-31-2)28-18-3-5-19(6-4-18)29-23-11-20(21(25)13-26-23)22-15-33-24(30-22)27-12-17-7-9-32-10-8-17/h11,13,15-19,28H,3-10,12,14H2,1-2H3,(H,26,29)(H,27,30)/t16-,18-,19-/m1/s1. The van der Waals surface area contributed by atoms with Crippen molar-refractivity contribution in [3.05, 3.63) is 22.7 Å². The van der Waals surface area contributed by atoms with Gasteiger partial charge in [0.05, 0.1) is 17.3 Å². The van der Waals surface area contributed by atoms with Gasteiger partial charge in [-0.05, 0) is 57.4 Å². The van der Waals surface area contributed by atoms with Crippen LogP contribution in [0.5, 0.6) is 0 Å². The van der Waals surface area contributed by atoms with Gasteiger partial charge in [-0.3, -0.25) is 0 Å². The Morgan fingerprint density at radius 2 is 1.94 bits per heavy atom. The monoisotopic (exact) mass is 493 g/mol. The lowest BCUT2D eigenvalue weighted by Gasteiger charge is -2.31. The van der Waals surface area contributed by atoms with Gasteiger partial charge in [0.1, 0.15) is 5.82 Å². The molecule has 182 valence electrons. The lowest BCUT2D eigenvalue weighted by Crippen LogP contribution is -2.42. The Morgan fingerprint density at radius 3 is 2.70 bits per heavy atom. The van der Waals surface area contributed by atoms with Gasteiger partial charge in [-0.1, -0.05) is 11.6 Å². The highest BCUT2D eigenvalue weighted by Crippen LogP contribution is 2.33. The Hall–Kier alpha value is -1.45. The van der Waals surface area contributed by atoms with E-state index < -0.39 is 0 Å². The van der Waals surface area contributed by atoms with E-state index >= 15 is 0 Å². The SMILES string of the molecule is COC[C@@H](C)N[C@H]1CC[C@H](Nc2cc(-c3csc(NCC4CCOCC4)n3)c(Cl)cn2)CC1. The summed E-state index contributed by atoms with van der Waals surface area (Å²) in [6.07, 6.45) is 8.50. The van der Waals surface area contributed by atoms with Gasteiger partial charge in [0.15, 0.2) is 5.13 Å². The Balaban J connectivity index is 1.30. The quantitative estimate of drug-likeness (QED) is 0.427. The van der Waals surface area contributed by atoms with E-state index in [9.17, 15) is 0 Å². The van der Waals surface area contributed by atoms with Crippen molar-refractivity contribution in [2.45, 2.75) is 63.6 Å². The summed E-state index contributed by atoms with van der Waals surface area (Å²) in [7, 11) is 1.75. The summed E-state index contributed by atoms with van der Waals surface area (Å²) < 4.78 is 10.7. The first-order chi connectivity index (χ1) is 16.1. The molecule has 0 amide bonds. The third kappa shape index (κ3) is 7.26. The lowest BCUT2D eigenvalue weighted by atomic mass is 9.90. The molecule has 0 aromatic carbocycles. The molecule has 1 aliphatic carbocycles. The molecule has 9 heteroatoms. The largest absolute Gasteiger partial charge is 0.383 e. The molecule has 0 bridgehead atoms. The normalized spacial score (nSPS) is 22.8. The average molecular weight is 494 g/mol. The number of ether oxygens (including phenoxy) is 2. The van der Waals surface area contributed by atoms with Crippen LogP contribution in [0.3, 0.4) is 0 Å². The number of hydrogen-bond acceptors (Lipinski definition) is 8. The Labute approximate surface area is 206 Å². The van der Waals surface area contributed by atoms with Crippen LogP contribution in [0.15, 0.2) is 17.6 Å². The van der Waals surface area contributed by atoms with Crippen LogP contribution >= 0.6 is 22.9 Å². The van der Waals surface area contributed by atoms with Crippen LogP contribution in [0.2, 0.25) is 5.02 Å². The van der Waals surface area contributed by atoms with E-state index in [2.05, 4.69) is 33.2 Å². The molecule has 1 aliphatic heterocycles. The van der Waals surface area contributed by atoms with Crippen molar-refractivity contribution in [1.29, 1.82) is 0 Å². The van der Waals surface area contributed by atoms with E-state index in [1.807, 2.05) is 6.07 Å². The van der Waals surface area contributed by atoms with Crippen LogP contribution in [0.4, 0.5) is 10.9 Å². The molecule has 3 heterocycles. The number of pyridine rings is 1. The van der Waals surface area contributed by atoms with Gasteiger partial charge in [-0.25, -0.2) is 9.97 Å². The molecule has 7 nitrogen and oxygen atoms in total. The fourth-order valence-corrected chi connectivity index (χ4v) is 5.61. The van der Waals surface area contributed by atoms with Crippen molar-refractivity contribution in [1.82, 2.24) is 15.3 Å². The fourth-order valence-electron chi connectivity index (χ4n) is 4.69. The fraction of sp³-hybridized carbons (Fsp3) is 0.667. The Morgan fingerprint density at radius 1 is 1.18 bits per heavy atom. The smallest absolute Gasteiger partial charge is 0.183 e. The lowest BCUT2D eigenvalue weighted by molar-refractivity contribution is 0.0699. The number of nitrogens with one attached hydrogen (secondary N) is 3. The second-order valence-corrected chi connectivity index (χ2v) is 10.5. The van der Waals surface area contributed by atoms with Gasteiger partial charge in [0, 0.05) is 62.1 Å². The number of thiazole rings is 1. The van der Waals surface area contributed by atoms with E-state index in [4.69, 9.17) is 26.1 Å². The molecule has 3 N–H and O–H groups in total. The molecule has 1 saturated carbocycles. The predicted octanol–water partition coefficient (Wildman–Crippen LogP) is 5.04. The van der Waals surface area contributed by atoms with Crippen LogP contribution in [0, 0.1) is 5.92 Å². The van der Waals surface area contributed by atoms with Crippen molar-refractivity contribution >= 4 is 33.9 Å². The summed E-state index contributed by atoms with van der Waals surface area (Å²) in [5.41, 5.74) is 1.82. The summed E-state index contributed by atoms with van der Waals surface area (Å²) in [5.74, 6) is 1.52. The van der Waals surface area contributed by atoms with Crippen LogP contribution in [-0.4, -0.2) is 61.6 Å². The molecule has 2 aromatic heterocycles. The zero-order chi connectivity index (χ0) is 23.0. The van der Waals surface area contributed by atoms with Gasteiger partial charge in [-0.2, -0.15) is 0 Å². The number of aromatic nitrogens is 2. The maximum absolute atomic E-state index is 6.50. The molecule has 1 atom stereocenters. The van der Waals surface area contributed by atoms with Gasteiger partial charge in [0.2, 0.25) is 0 Å². The third-order valence-electron chi connectivity index (χ3n) is 6.53. The molecular weight excluding hydrogens is 458 g/mol. The van der Waals surface area contributed by atoms with E-state index in [0.717, 1.165) is 87.1 Å². The number of halogens is 1. The molecule has 33 heavy (non-hydrogen) atoms. The van der Waals surface area contributed by atoms with Gasteiger partial charge in [-0.15, -0.1) is 11.3 Å². The zero-order valence-corrected chi connectivity index (χ0v) is 21.2. The zero-order valence-electron chi connectivity index (χ0n) is 19.6. The minimum atomic E-state index is 0.388. The van der Waals surface area contributed by atoms with Gasteiger partial charge < -0.3 is 25.4 Å². The number of rotatable bonds is 10. The van der Waals surface area contributed by atoms with Crippen LogP contribution in [0.25, 0.3) is 11.3 Å². The Kier molecular flexibility index (Phi) is 9.20. The van der Waals surface area contributed by atoms with Gasteiger partial charge in [0.25, 0.3) is 0 Å². The summed E-state index contributed by atoms with van der Waals surface area (Å²) in [6, 6.07) is 3.41. The van der Waals surface area contributed by atoms with Crippen molar-refractivity contribution < 1.29 is 9.47 Å². The maximum atomic E-state index is 6.50. The second-order valence-electron chi connectivity index (χ2n) is 9.24. The molecule has 0 unspecified atom stereocenters. The molecule has 0 spiro atoms. The third-order valence-corrected chi connectivity index (χ3v) is 7.64. The summed E-state index contributed by atoms with van der Waals surface area (Å²) in [5, 5.41) is 14.4. The average Bonchev–Trinajstić information content (AvgIpc) is 3.30. The first-order valence-electron chi connectivity index (χ1n) is 12.0. The molecule has 1 saturated heterocycles. The van der Waals surface area contributed by atoms with Crippen molar-refractivity contribution in [3.8, 4) is 11.3 Å². The van der Waals surface area contributed by atoms with Crippen molar-refractivity contribution in [2.75, 3.05) is 44.1 Å². The predicted molar refractivity (Wildman–Crippen MR) is 137 cm³/mol. The van der Waals surface area contributed by atoms with Crippen LogP contribution in [-0.2, 0) is 9.47 Å². The second kappa shape index (κ2) is 12.3. The summed E-state index contributed by atoms with van der Waals surface area (Å²) in [4.78, 5) is 9.31. The number of methoxy groups -OCH3 is 1. The highest BCUT2D eigenvalue weighted by molar-refractivity contribution is 7.14. The minimum absolute atomic E-state index is 0.388. The highest BCUT2D eigenvalue weighted by atomic mass is 35.5. The van der Waals surface area contributed by atoms with E-state index in [-0.39, 0.29) is 0 Å². The number of hydrogen-bond donors (Lipinski definition) is 3. The van der Waals surface area contributed by atoms with Crippen molar-refractivity contribution in [2.24, 2.45) is 5.92 Å². The number of nitrogens with zero attached hydrogens (tertiary/aromatic N) is 2. The summed E-state index contributed by atoms with van der Waals surface area (Å²) in [6.45, 7) is 5.59. The molecule has 4 rings (SSSR count). The number of anilines is 2.